The molecule has 1 saturated heterocycles. The zero-order chi connectivity index (χ0) is 12.4. The number of rotatable bonds is 4. The molecule has 1 aliphatic heterocycles. The zero-order valence-electron chi connectivity index (χ0n) is 10.1. The van der Waals surface area contributed by atoms with Crippen molar-refractivity contribution in [3.63, 3.8) is 0 Å². The molecule has 0 saturated carbocycles. The lowest BCUT2D eigenvalue weighted by Gasteiger charge is -2.12. The maximum atomic E-state index is 5.74. The van der Waals surface area contributed by atoms with E-state index in [-0.39, 0.29) is 6.10 Å². The minimum absolute atomic E-state index is 0.171. The standard InChI is InChI=1S/C11H17N3O2S/c1-7-9(10(12)17)11(14(2)13-7)16-6-8-4-3-5-15-8/h8H,3-6H2,1-2H3,(H2,12,17). The van der Waals surface area contributed by atoms with Gasteiger partial charge in [0.1, 0.15) is 11.6 Å². The fourth-order valence-electron chi connectivity index (χ4n) is 2.03. The quantitative estimate of drug-likeness (QED) is 0.811. The van der Waals surface area contributed by atoms with E-state index < -0.39 is 0 Å². The molecule has 0 aromatic carbocycles. The maximum Gasteiger partial charge on any atom is 0.222 e. The summed E-state index contributed by atoms with van der Waals surface area (Å²) in [6, 6.07) is 0. The van der Waals surface area contributed by atoms with Gasteiger partial charge in [0.2, 0.25) is 5.88 Å². The number of nitrogens with zero attached hydrogens (tertiary/aromatic N) is 2. The van der Waals surface area contributed by atoms with Gasteiger partial charge in [-0.15, -0.1) is 0 Å². The minimum atomic E-state index is 0.171. The van der Waals surface area contributed by atoms with Crippen LogP contribution in [0.1, 0.15) is 24.1 Å². The van der Waals surface area contributed by atoms with E-state index in [1.807, 2.05) is 14.0 Å². The Morgan fingerprint density at radius 3 is 3.06 bits per heavy atom. The molecule has 1 unspecified atom stereocenters. The Balaban J connectivity index is 2.11. The Hall–Kier alpha value is -1.14. The van der Waals surface area contributed by atoms with Gasteiger partial charge >= 0.3 is 0 Å². The molecule has 94 valence electrons. The van der Waals surface area contributed by atoms with Gasteiger partial charge in [0.05, 0.1) is 17.4 Å². The van der Waals surface area contributed by atoms with Crippen molar-refractivity contribution in [1.29, 1.82) is 0 Å². The number of aromatic nitrogens is 2. The van der Waals surface area contributed by atoms with Gasteiger partial charge in [0.25, 0.3) is 0 Å². The topological polar surface area (TPSA) is 62.3 Å². The molecule has 6 heteroatoms. The van der Waals surface area contributed by atoms with Crippen molar-refractivity contribution < 1.29 is 9.47 Å². The molecule has 17 heavy (non-hydrogen) atoms. The second kappa shape index (κ2) is 5.01. The van der Waals surface area contributed by atoms with Gasteiger partial charge in [-0.05, 0) is 19.8 Å². The van der Waals surface area contributed by atoms with Gasteiger partial charge in [-0.2, -0.15) is 5.10 Å². The highest BCUT2D eigenvalue weighted by atomic mass is 32.1. The summed E-state index contributed by atoms with van der Waals surface area (Å²) in [5, 5.41) is 4.26. The summed E-state index contributed by atoms with van der Waals surface area (Å²) >= 11 is 5.01. The van der Waals surface area contributed by atoms with Gasteiger partial charge in [0, 0.05) is 13.7 Å². The highest BCUT2D eigenvalue weighted by Crippen LogP contribution is 2.22. The second-order valence-electron chi connectivity index (χ2n) is 4.20. The summed E-state index contributed by atoms with van der Waals surface area (Å²) < 4.78 is 12.9. The van der Waals surface area contributed by atoms with E-state index in [1.54, 1.807) is 4.68 Å². The van der Waals surface area contributed by atoms with Gasteiger partial charge in [-0.1, -0.05) is 12.2 Å². The lowest BCUT2D eigenvalue weighted by Crippen LogP contribution is -2.19. The van der Waals surface area contributed by atoms with Gasteiger partial charge in [-0.25, -0.2) is 4.68 Å². The molecular weight excluding hydrogens is 238 g/mol. The van der Waals surface area contributed by atoms with Crippen LogP contribution in [0.2, 0.25) is 0 Å². The smallest absolute Gasteiger partial charge is 0.222 e. The lowest BCUT2D eigenvalue weighted by molar-refractivity contribution is 0.0647. The van der Waals surface area contributed by atoms with E-state index in [9.17, 15) is 0 Å². The third-order valence-corrected chi connectivity index (χ3v) is 3.05. The van der Waals surface area contributed by atoms with Crippen LogP contribution in [0, 0.1) is 6.92 Å². The zero-order valence-corrected chi connectivity index (χ0v) is 10.9. The van der Waals surface area contributed by atoms with Crippen LogP contribution in [-0.4, -0.2) is 34.1 Å². The largest absolute Gasteiger partial charge is 0.475 e. The summed E-state index contributed by atoms with van der Waals surface area (Å²) in [7, 11) is 1.82. The molecule has 1 aromatic heterocycles. The van der Waals surface area contributed by atoms with Crippen LogP contribution in [0.3, 0.4) is 0 Å². The number of hydrogen-bond donors (Lipinski definition) is 1. The highest BCUT2D eigenvalue weighted by molar-refractivity contribution is 7.80. The fourth-order valence-corrected chi connectivity index (χ4v) is 2.27. The van der Waals surface area contributed by atoms with Gasteiger partial charge in [0.15, 0.2) is 0 Å². The molecule has 5 nitrogen and oxygen atoms in total. The van der Waals surface area contributed by atoms with Crippen LogP contribution in [-0.2, 0) is 11.8 Å². The molecule has 0 aliphatic carbocycles. The number of nitrogens with two attached hydrogens (primary N) is 1. The summed E-state index contributed by atoms with van der Waals surface area (Å²) in [6.45, 7) is 3.21. The Morgan fingerprint density at radius 2 is 2.47 bits per heavy atom. The van der Waals surface area contributed by atoms with Crippen molar-refractivity contribution in [1.82, 2.24) is 9.78 Å². The van der Waals surface area contributed by atoms with Crippen molar-refractivity contribution in [3.05, 3.63) is 11.3 Å². The Kier molecular flexibility index (Phi) is 3.63. The third-order valence-electron chi connectivity index (χ3n) is 2.85. The summed E-state index contributed by atoms with van der Waals surface area (Å²) in [5.74, 6) is 0.630. The average molecular weight is 255 g/mol. The van der Waals surface area contributed by atoms with Crippen LogP contribution in [0.15, 0.2) is 0 Å². The second-order valence-corrected chi connectivity index (χ2v) is 4.64. The lowest BCUT2D eigenvalue weighted by atomic mass is 10.2. The molecule has 2 rings (SSSR count). The first-order valence-corrected chi connectivity index (χ1v) is 6.08. The van der Waals surface area contributed by atoms with Crippen LogP contribution in [0.5, 0.6) is 5.88 Å². The van der Waals surface area contributed by atoms with E-state index in [0.29, 0.717) is 17.5 Å². The fraction of sp³-hybridized carbons (Fsp3) is 0.636. The van der Waals surface area contributed by atoms with Crippen molar-refractivity contribution in [2.75, 3.05) is 13.2 Å². The predicted molar refractivity (Wildman–Crippen MR) is 68.3 cm³/mol. The molecule has 1 aromatic rings. The van der Waals surface area contributed by atoms with Gasteiger partial charge in [-0.3, -0.25) is 0 Å². The number of aryl methyl sites for hydroxylation is 2. The molecule has 0 bridgehead atoms. The Bertz CT molecular complexity index is 425. The first-order valence-electron chi connectivity index (χ1n) is 5.67. The molecule has 1 aliphatic rings. The summed E-state index contributed by atoms with van der Waals surface area (Å²) in [4.78, 5) is 0.318. The maximum absolute atomic E-state index is 5.74. The van der Waals surface area contributed by atoms with Crippen molar-refractivity contribution in [2.24, 2.45) is 12.8 Å². The Labute approximate surface area is 106 Å². The van der Waals surface area contributed by atoms with Crippen LogP contribution >= 0.6 is 12.2 Å². The molecule has 1 fully saturated rings. The number of thiocarbonyl (C=S) groups is 1. The van der Waals surface area contributed by atoms with E-state index in [2.05, 4.69) is 5.10 Å². The first kappa shape index (κ1) is 12.3. The Morgan fingerprint density at radius 1 is 1.71 bits per heavy atom. The average Bonchev–Trinajstić information content (AvgIpc) is 2.83. The summed E-state index contributed by atoms with van der Waals surface area (Å²) in [6.07, 6.45) is 2.31. The van der Waals surface area contributed by atoms with Crippen molar-refractivity contribution >= 4 is 17.2 Å². The van der Waals surface area contributed by atoms with Crippen LogP contribution in [0.25, 0.3) is 0 Å². The molecule has 2 heterocycles. The molecule has 0 amide bonds. The molecular formula is C11H17N3O2S. The predicted octanol–water partition coefficient (Wildman–Crippen LogP) is 0.921. The SMILES string of the molecule is Cc1nn(C)c(OCC2CCCO2)c1C(N)=S. The first-order chi connectivity index (χ1) is 8.09. The molecule has 0 spiro atoms. The summed E-state index contributed by atoms with van der Waals surface area (Å²) in [5.41, 5.74) is 7.20. The van der Waals surface area contributed by atoms with Crippen molar-refractivity contribution in [3.8, 4) is 5.88 Å². The normalized spacial score (nSPS) is 19.5. The number of ether oxygens (including phenoxy) is 2. The van der Waals surface area contributed by atoms with Crippen LogP contribution in [0.4, 0.5) is 0 Å². The molecule has 0 radical (unpaired) electrons. The molecule has 1 atom stereocenters. The highest BCUT2D eigenvalue weighted by Gasteiger charge is 2.21. The van der Waals surface area contributed by atoms with E-state index in [4.69, 9.17) is 27.4 Å². The molecule has 2 N–H and O–H groups in total. The monoisotopic (exact) mass is 255 g/mol. The minimum Gasteiger partial charge on any atom is -0.475 e. The van der Waals surface area contributed by atoms with Crippen molar-refractivity contribution in [2.45, 2.75) is 25.9 Å². The third kappa shape index (κ3) is 2.58. The van der Waals surface area contributed by atoms with Crippen LogP contribution < -0.4 is 10.5 Å². The number of hydrogen-bond acceptors (Lipinski definition) is 4. The van der Waals surface area contributed by atoms with E-state index >= 15 is 0 Å². The van der Waals surface area contributed by atoms with Gasteiger partial charge < -0.3 is 15.2 Å². The van der Waals surface area contributed by atoms with E-state index in [0.717, 1.165) is 30.7 Å². The van der Waals surface area contributed by atoms with E-state index in [1.165, 1.54) is 0 Å².